The van der Waals surface area contributed by atoms with E-state index in [9.17, 15) is 18.0 Å². The van der Waals surface area contributed by atoms with E-state index in [1.165, 1.54) is 32.4 Å². The predicted molar refractivity (Wildman–Crippen MR) is 91.9 cm³/mol. The lowest BCUT2D eigenvalue weighted by molar-refractivity contribution is -0.137. The highest BCUT2D eigenvalue weighted by atomic mass is 19.4. The number of amides is 1. The summed E-state index contributed by atoms with van der Waals surface area (Å²) in [6.45, 7) is -0.0116. The van der Waals surface area contributed by atoms with Crippen molar-refractivity contribution in [3.63, 3.8) is 0 Å². The zero-order chi connectivity index (χ0) is 19.2. The molecular formula is C19H18F3NO3. The molecule has 0 aliphatic carbocycles. The quantitative estimate of drug-likeness (QED) is 0.786. The molecule has 0 aliphatic rings. The lowest BCUT2D eigenvalue weighted by Gasteiger charge is -2.09. The summed E-state index contributed by atoms with van der Waals surface area (Å²) < 4.78 is 48.4. The van der Waals surface area contributed by atoms with Gasteiger partial charge < -0.3 is 14.8 Å². The normalized spacial score (nSPS) is 11.4. The zero-order valence-electron chi connectivity index (χ0n) is 14.3. The Balaban J connectivity index is 2.02. The van der Waals surface area contributed by atoms with Crippen LogP contribution < -0.4 is 14.8 Å². The topological polar surface area (TPSA) is 47.6 Å². The third-order valence-electron chi connectivity index (χ3n) is 3.57. The molecule has 0 spiro atoms. The van der Waals surface area contributed by atoms with Crippen molar-refractivity contribution in [3.8, 4) is 11.5 Å². The molecule has 0 unspecified atom stereocenters. The first kappa shape index (κ1) is 19.4. The van der Waals surface area contributed by atoms with Gasteiger partial charge in [-0.05, 0) is 42.0 Å². The Morgan fingerprint density at radius 2 is 1.88 bits per heavy atom. The summed E-state index contributed by atoms with van der Waals surface area (Å²) >= 11 is 0. The molecule has 0 bridgehead atoms. The van der Waals surface area contributed by atoms with Crippen LogP contribution in [-0.4, -0.2) is 20.1 Å². The Labute approximate surface area is 149 Å². The number of benzene rings is 2. The van der Waals surface area contributed by atoms with Crippen molar-refractivity contribution >= 4 is 12.0 Å². The van der Waals surface area contributed by atoms with Crippen LogP contribution in [0.15, 0.2) is 48.5 Å². The van der Waals surface area contributed by atoms with Gasteiger partial charge in [-0.2, -0.15) is 13.2 Å². The molecule has 4 nitrogen and oxygen atoms in total. The van der Waals surface area contributed by atoms with Crippen LogP contribution in [-0.2, 0) is 17.5 Å². The molecule has 0 aliphatic heterocycles. The minimum atomic E-state index is -4.41. The minimum absolute atomic E-state index is 0.0116. The Morgan fingerprint density at radius 1 is 1.12 bits per heavy atom. The third kappa shape index (κ3) is 5.27. The fourth-order valence-corrected chi connectivity index (χ4v) is 2.24. The van der Waals surface area contributed by atoms with Crippen molar-refractivity contribution in [2.75, 3.05) is 14.2 Å². The molecule has 2 rings (SSSR count). The summed E-state index contributed by atoms with van der Waals surface area (Å²) in [5.74, 6) is 0.731. The number of nitrogens with one attached hydrogen (secondary N) is 1. The smallest absolute Gasteiger partial charge is 0.416 e. The van der Waals surface area contributed by atoms with Crippen molar-refractivity contribution in [2.45, 2.75) is 12.7 Å². The van der Waals surface area contributed by atoms with E-state index in [-0.39, 0.29) is 6.54 Å². The minimum Gasteiger partial charge on any atom is -0.497 e. The number of hydrogen-bond donors (Lipinski definition) is 1. The molecule has 138 valence electrons. The lowest BCUT2D eigenvalue weighted by atomic mass is 10.1. The Kier molecular flexibility index (Phi) is 6.27. The van der Waals surface area contributed by atoms with Crippen LogP contribution in [0.3, 0.4) is 0 Å². The largest absolute Gasteiger partial charge is 0.497 e. The number of halogens is 3. The summed E-state index contributed by atoms with van der Waals surface area (Å²) in [5, 5.41) is 2.55. The predicted octanol–water partition coefficient (Wildman–Crippen LogP) is 4.05. The van der Waals surface area contributed by atoms with E-state index in [0.717, 1.165) is 12.1 Å². The number of carbonyl (C=O) groups is 1. The molecule has 0 saturated heterocycles. The summed E-state index contributed by atoms with van der Waals surface area (Å²) in [6.07, 6.45) is -1.59. The second-order valence-corrected chi connectivity index (χ2v) is 5.36. The fraction of sp³-hybridized carbons (Fsp3) is 0.211. The van der Waals surface area contributed by atoms with Gasteiger partial charge in [0.05, 0.1) is 19.8 Å². The van der Waals surface area contributed by atoms with E-state index >= 15 is 0 Å². The number of rotatable bonds is 6. The molecule has 7 heteroatoms. The maximum atomic E-state index is 12.7. The second-order valence-electron chi connectivity index (χ2n) is 5.36. The van der Waals surface area contributed by atoms with Crippen molar-refractivity contribution in [1.82, 2.24) is 5.32 Å². The van der Waals surface area contributed by atoms with Gasteiger partial charge in [0.1, 0.15) is 11.5 Å². The molecule has 1 N–H and O–H groups in total. The first-order chi connectivity index (χ1) is 12.3. The number of ether oxygens (including phenoxy) is 2. The van der Waals surface area contributed by atoms with Crippen LogP contribution in [0.25, 0.3) is 6.08 Å². The summed E-state index contributed by atoms with van der Waals surface area (Å²) in [4.78, 5) is 11.9. The molecule has 0 saturated carbocycles. The molecular weight excluding hydrogens is 347 g/mol. The van der Waals surface area contributed by atoms with Gasteiger partial charge in [-0.15, -0.1) is 0 Å². The van der Waals surface area contributed by atoms with E-state index in [4.69, 9.17) is 9.47 Å². The van der Waals surface area contributed by atoms with Crippen molar-refractivity contribution in [2.24, 2.45) is 0 Å². The first-order valence-electron chi connectivity index (χ1n) is 7.67. The number of methoxy groups -OCH3 is 2. The van der Waals surface area contributed by atoms with Gasteiger partial charge in [0.15, 0.2) is 0 Å². The Bertz CT molecular complexity index is 801. The van der Waals surface area contributed by atoms with Gasteiger partial charge in [0.25, 0.3) is 0 Å². The van der Waals surface area contributed by atoms with Crippen molar-refractivity contribution in [1.29, 1.82) is 0 Å². The summed E-state index contributed by atoms with van der Waals surface area (Å²) in [5.41, 5.74) is 0.252. The summed E-state index contributed by atoms with van der Waals surface area (Å²) in [6, 6.07) is 9.96. The van der Waals surface area contributed by atoms with Gasteiger partial charge in [-0.3, -0.25) is 4.79 Å². The fourth-order valence-electron chi connectivity index (χ4n) is 2.24. The number of alkyl halides is 3. The number of hydrogen-bond acceptors (Lipinski definition) is 3. The van der Waals surface area contributed by atoms with Crippen LogP contribution >= 0.6 is 0 Å². The Morgan fingerprint density at radius 3 is 2.54 bits per heavy atom. The standard InChI is InChI=1S/C19H18F3NO3/c1-25-16-7-8-17(26-2)14(11-16)6-9-18(24)23-12-13-4-3-5-15(10-13)19(20,21)22/h3-11H,12H2,1-2H3,(H,23,24)/b9-6-. The van der Waals surface area contributed by atoms with Crippen LogP contribution in [0, 0.1) is 0 Å². The van der Waals surface area contributed by atoms with Gasteiger partial charge in [-0.25, -0.2) is 0 Å². The highest BCUT2D eigenvalue weighted by Crippen LogP contribution is 2.29. The van der Waals surface area contributed by atoms with Gasteiger partial charge in [-0.1, -0.05) is 12.1 Å². The van der Waals surface area contributed by atoms with E-state index in [0.29, 0.717) is 22.6 Å². The van der Waals surface area contributed by atoms with E-state index in [1.807, 2.05) is 0 Å². The van der Waals surface area contributed by atoms with Crippen LogP contribution in [0.4, 0.5) is 13.2 Å². The van der Waals surface area contributed by atoms with Crippen molar-refractivity contribution < 1.29 is 27.4 Å². The average Bonchev–Trinajstić information content (AvgIpc) is 2.64. The van der Waals surface area contributed by atoms with E-state index < -0.39 is 17.6 Å². The lowest BCUT2D eigenvalue weighted by Crippen LogP contribution is -2.20. The molecule has 0 aromatic heterocycles. The van der Waals surface area contributed by atoms with Crippen LogP contribution in [0.2, 0.25) is 0 Å². The molecule has 2 aromatic carbocycles. The van der Waals surface area contributed by atoms with Gasteiger partial charge in [0.2, 0.25) is 5.91 Å². The van der Waals surface area contributed by atoms with E-state index in [2.05, 4.69) is 5.32 Å². The molecule has 2 aromatic rings. The molecule has 0 atom stereocenters. The maximum Gasteiger partial charge on any atom is 0.416 e. The van der Waals surface area contributed by atoms with E-state index in [1.54, 1.807) is 24.3 Å². The SMILES string of the molecule is COc1ccc(OC)c(/C=C\C(=O)NCc2cccc(C(F)(F)F)c2)c1. The maximum absolute atomic E-state index is 12.7. The third-order valence-corrected chi connectivity index (χ3v) is 3.57. The number of carbonyl (C=O) groups excluding carboxylic acids is 1. The van der Waals surface area contributed by atoms with Gasteiger partial charge in [0, 0.05) is 18.2 Å². The van der Waals surface area contributed by atoms with Gasteiger partial charge >= 0.3 is 6.18 Å². The highest BCUT2D eigenvalue weighted by molar-refractivity contribution is 5.92. The Hall–Kier alpha value is -2.96. The van der Waals surface area contributed by atoms with Crippen LogP contribution in [0.5, 0.6) is 11.5 Å². The second kappa shape index (κ2) is 8.42. The molecule has 26 heavy (non-hydrogen) atoms. The van der Waals surface area contributed by atoms with Crippen LogP contribution in [0.1, 0.15) is 16.7 Å². The molecule has 0 radical (unpaired) electrons. The monoisotopic (exact) mass is 365 g/mol. The molecule has 0 heterocycles. The average molecular weight is 365 g/mol. The molecule has 1 amide bonds. The van der Waals surface area contributed by atoms with Crippen molar-refractivity contribution in [3.05, 3.63) is 65.2 Å². The highest BCUT2D eigenvalue weighted by Gasteiger charge is 2.30. The molecule has 0 fully saturated rings. The summed E-state index contributed by atoms with van der Waals surface area (Å²) in [7, 11) is 3.03. The first-order valence-corrected chi connectivity index (χ1v) is 7.67. The zero-order valence-corrected chi connectivity index (χ0v) is 14.3.